The smallest absolute Gasteiger partial charge is 0.409 e. The van der Waals surface area contributed by atoms with Gasteiger partial charge in [0.1, 0.15) is 0 Å². The van der Waals surface area contributed by atoms with Gasteiger partial charge in [-0.05, 0) is 26.0 Å². The quantitative estimate of drug-likeness (QED) is 0.651. The number of carbonyl (C=O) groups excluding carboxylic acids is 2. The molecule has 0 aromatic heterocycles. The van der Waals surface area contributed by atoms with Crippen LogP contribution in [0.1, 0.15) is 13.8 Å². The molecule has 2 aliphatic rings. The second kappa shape index (κ2) is 10.3. The summed E-state index contributed by atoms with van der Waals surface area (Å²) < 4.78 is 28.7. The summed E-state index contributed by atoms with van der Waals surface area (Å²) in [5.41, 5.74) is 0. The summed E-state index contributed by atoms with van der Waals surface area (Å²) in [5, 5.41) is 0.777. The number of nitrogens with zero attached hydrogens (tertiary/aromatic N) is 4. The van der Waals surface area contributed by atoms with Gasteiger partial charge in [0.05, 0.1) is 13.2 Å². The Labute approximate surface area is 178 Å². The molecule has 1 aromatic carbocycles. The van der Waals surface area contributed by atoms with Crippen LogP contribution in [0, 0.1) is 0 Å². The summed E-state index contributed by atoms with van der Waals surface area (Å²) in [5.74, 6) is 0. The van der Waals surface area contributed by atoms with Crippen LogP contribution in [0.15, 0.2) is 30.3 Å². The normalized spacial score (nSPS) is 18.9. The minimum Gasteiger partial charge on any atom is -0.450 e. The molecule has 2 fully saturated rings. The zero-order valence-electron chi connectivity index (χ0n) is 17.7. The van der Waals surface area contributed by atoms with Gasteiger partial charge in [0, 0.05) is 57.7 Å². The maximum atomic E-state index is 14.5. The van der Waals surface area contributed by atoms with Crippen molar-refractivity contribution in [2.45, 2.75) is 13.8 Å². The number of hydrogen-bond acceptors (Lipinski definition) is 5. The van der Waals surface area contributed by atoms with Crippen LogP contribution in [-0.4, -0.2) is 96.9 Å². The summed E-state index contributed by atoms with van der Waals surface area (Å²) in [6.45, 7) is 8.14. The van der Waals surface area contributed by atoms with Gasteiger partial charge in [0.25, 0.3) is 0 Å². The Balaban J connectivity index is 1.75. The van der Waals surface area contributed by atoms with E-state index in [0.29, 0.717) is 65.6 Å². The van der Waals surface area contributed by atoms with Crippen molar-refractivity contribution >= 4 is 24.9 Å². The van der Waals surface area contributed by atoms with Gasteiger partial charge in [-0.3, -0.25) is 4.57 Å². The molecule has 2 amide bonds. The second-order valence-corrected chi connectivity index (χ2v) is 9.89. The van der Waals surface area contributed by atoms with Crippen molar-refractivity contribution in [1.82, 2.24) is 19.1 Å². The highest BCUT2D eigenvalue weighted by molar-refractivity contribution is 7.67. The molecule has 10 heteroatoms. The van der Waals surface area contributed by atoms with Crippen molar-refractivity contribution in [3.05, 3.63) is 30.3 Å². The summed E-state index contributed by atoms with van der Waals surface area (Å²) in [7, 11) is -3.06. The van der Waals surface area contributed by atoms with Gasteiger partial charge < -0.3 is 19.3 Å². The SMILES string of the molecule is CCOC(=O)N1CCN(P(=O)(c2ccccc2)N2CCN(C(=O)OCC)CC2)CC1. The Hall–Kier alpha value is -2.09. The lowest BCUT2D eigenvalue weighted by Crippen LogP contribution is -2.54. The zero-order valence-corrected chi connectivity index (χ0v) is 18.6. The number of piperazine rings is 2. The molecule has 0 aliphatic carbocycles. The molecule has 166 valence electrons. The van der Waals surface area contributed by atoms with Crippen LogP contribution in [-0.2, 0) is 14.0 Å². The van der Waals surface area contributed by atoms with E-state index in [4.69, 9.17) is 9.47 Å². The van der Waals surface area contributed by atoms with Gasteiger partial charge in [-0.2, -0.15) is 0 Å². The predicted octanol–water partition coefficient (Wildman–Crippen LogP) is 2.05. The number of rotatable bonds is 5. The number of ether oxygens (including phenoxy) is 2. The summed E-state index contributed by atoms with van der Waals surface area (Å²) in [6.07, 6.45) is -0.649. The number of benzene rings is 1. The zero-order chi connectivity index (χ0) is 21.6. The maximum absolute atomic E-state index is 14.5. The molecule has 0 unspecified atom stereocenters. The van der Waals surface area contributed by atoms with E-state index in [1.54, 1.807) is 23.6 Å². The monoisotopic (exact) mass is 438 g/mol. The topological polar surface area (TPSA) is 82.6 Å². The van der Waals surface area contributed by atoms with E-state index in [0.717, 1.165) is 5.30 Å². The van der Waals surface area contributed by atoms with Gasteiger partial charge in [-0.25, -0.2) is 18.9 Å². The van der Waals surface area contributed by atoms with Gasteiger partial charge in [0.2, 0.25) is 7.44 Å². The van der Waals surface area contributed by atoms with Crippen molar-refractivity contribution in [2.24, 2.45) is 0 Å². The van der Waals surface area contributed by atoms with E-state index in [1.807, 2.05) is 39.7 Å². The highest BCUT2D eigenvalue weighted by atomic mass is 31.2. The third-order valence-corrected chi connectivity index (χ3v) is 8.73. The molecule has 1 aromatic rings. The Morgan fingerprint density at radius 3 is 1.53 bits per heavy atom. The van der Waals surface area contributed by atoms with Gasteiger partial charge in [-0.1, -0.05) is 18.2 Å². The summed E-state index contributed by atoms with van der Waals surface area (Å²) >= 11 is 0. The minimum atomic E-state index is -3.06. The molecular weight excluding hydrogens is 407 g/mol. The molecule has 30 heavy (non-hydrogen) atoms. The van der Waals surface area contributed by atoms with E-state index >= 15 is 0 Å². The summed E-state index contributed by atoms with van der Waals surface area (Å²) in [4.78, 5) is 27.4. The molecule has 0 bridgehead atoms. The van der Waals surface area contributed by atoms with Gasteiger partial charge >= 0.3 is 12.2 Å². The van der Waals surface area contributed by atoms with E-state index < -0.39 is 7.44 Å². The molecule has 0 spiro atoms. The van der Waals surface area contributed by atoms with Crippen molar-refractivity contribution in [1.29, 1.82) is 0 Å². The average Bonchev–Trinajstić information content (AvgIpc) is 2.79. The number of hydrogen-bond donors (Lipinski definition) is 0. The second-order valence-electron chi connectivity index (χ2n) is 7.16. The third-order valence-electron chi connectivity index (χ3n) is 5.42. The summed E-state index contributed by atoms with van der Waals surface area (Å²) in [6, 6.07) is 9.50. The van der Waals surface area contributed by atoms with E-state index in [2.05, 4.69) is 0 Å². The molecule has 0 radical (unpaired) electrons. The van der Waals surface area contributed by atoms with Crippen LogP contribution in [0.25, 0.3) is 0 Å². The van der Waals surface area contributed by atoms with Crippen LogP contribution < -0.4 is 5.30 Å². The third kappa shape index (κ3) is 4.79. The fourth-order valence-corrected chi connectivity index (χ4v) is 6.87. The molecule has 0 saturated carbocycles. The molecule has 2 heterocycles. The number of amides is 2. The first kappa shape index (κ1) is 22.6. The first-order valence-corrected chi connectivity index (χ1v) is 12.1. The van der Waals surface area contributed by atoms with Gasteiger partial charge in [0.15, 0.2) is 0 Å². The fourth-order valence-electron chi connectivity index (χ4n) is 3.86. The molecule has 0 atom stereocenters. The molecule has 2 saturated heterocycles. The molecule has 9 nitrogen and oxygen atoms in total. The van der Waals surface area contributed by atoms with Crippen molar-refractivity contribution < 1.29 is 23.6 Å². The van der Waals surface area contributed by atoms with Crippen molar-refractivity contribution in [3.8, 4) is 0 Å². The highest BCUT2D eigenvalue weighted by Gasteiger charge is 2.42. The standard InChI is InChI=1S/C20H31N4O5P/c1-3-28-19(25)21-10-14-23(15-11-21)30(27,18-8-6-5-7-9-18)24-16-12-22(13-17-24)20(26)29-4-2/h5-9H,3-4,10-17H2,1-2H3. The molecule has 2 aliphatic heterocycles. The Morgan fingerprint density at radius 2 is 1.17 bits per heavy atom. The molecular formula is C20H31N4O5P. The first-order chi connectivity index (χ1) is 14.5. The number of carbonyl (C=O) groups is 2. The maximum Gasteiger partial charge on any atom is 0.409 e. The van der Waals surface area contributed by atoms with Crippen molar-refractivity contribution in [3.63, 3.8) is 0 Å². The Bertz CT molecular complexity index is 720. The van der Waals surface area contributed by atoms with E-state index in [-0.39, 0.29) is 12.2 Å². The minimum absolute atomic E-state index is 0.324. The average molecular weight is 438 g/mol. The lowest BCUT2D eigenvalue weighted by atomic mass is 10.4. The molecule has 0 N–H and O–H groups in total. The van der Waals surface area contributed by atoms with Gasteiger partial charge in [-0.15, -0.1) is 0 Å². The van der Waals surface area contributed by atoms with Crippen LogP contribution in [0.5, 0.6) is 0 Å². The Morgan fingerprint density at radius 1 is 0.767 bits per heavy atom. The predicted molar refractivity (Wildman–Crippen MR) is 114 cm³/mol. The largest absolute Gasteiger partial charge is 0.450 e. The van der Waals surface area contributed by atoms with Crippen LogP contribution in [0.4, 0.5) is 9.59 Å². The van der Waals surface area contributed by atoms with E-state index in [1.165, 1.54) is 0 Å². The lowest BCUT2D eigenvalue weighted by Gasteiger charge is -2.45. The molecule has 3 rings (SSSR count). The fraction of sp³-hybridized carbons (Fsp3) is 0.600. The van der Waals surface area contributed by atoms with Crippen LogP contribution in [0.3, 0.4) is 0 Å². The first-order valence-electron chi connectivity index (χ1n) is 10.5. The van der Waals surface area contributed by atoms with Crippen molar-refractivity contribution in [2.75, 3.05) is 65.6 Å². The van der Waals surface area contributed by atoms with Crippen LogP contribution in [0.2, 0.25) is 0 Å². The van der Waals surface area contributed by atoms with E-state index in [9.17, 15) is 14.2 Å². The lowest BCUT2D eigenvalue weighted by molar-refractivity contribution is 0.0874. The van der Waals surface area contributed by atoms with Crippen LogP contribution >= 0.6 is 7.44 Å². The highest BCUT2D eigenvalue weighted by Crippen LogP contribution is 2.52. The Kier molecular flexibility index (Phi) is 7.75.